The van der Waals surface area contributed by atoms with Crippen molar-refractivity contribution in [3.05, 3.63) is 82.8 Å². The van der Waals surface area contributed by atoms with Crippen LogP contribution in [0.1, 0.15) is 33.0 Å². The second-order valence-electron chi connectivity index (χ2n) is 5.36. The van der Waals surface area contributed by atoms with Crippen molar-refractivity contribution >= 4 is 18.4 Å². The molecule has 0 fully saturated rings. The van der Waals surface area contributed by atoms with Gasteiger partial charge < -0.3 is 0 Å². The molecule has 2 aromatic carbocycles. The Balaban J connectivity index is 2.09. The molecule has 0 radical (unpaired) electrons. The maximum absolute atomic E-state index is 10.7. The van der Waals surface area contributed by atoms with E-state index in [-0.39, 0.29) is 11.4 Å². The number of rotatable bonds is 4. The van der Waals surface area contributed by atoms with Gasteiger partial charge in [-0.3, -0.25) is 4.79 Å². The smallest absolute Gasteiger partial charge is 0.177 e. The van der Waals surface area contributed by atoms with Crippen LogP contribution in [0.2, 0.25) is 0 Å². The number of hydrogen-bond acceptors (Lipinski definition) is 5. The first-order valence-electron chi connectivity index (χ1n) is 7.76. The van der Waals surface area contributed by atoms with Gasteiger partial charge in [0, 0.05) is 11.1 Å². The van der Waals surface area contributed by atoms with Crippen molar-refractivity contribution in [3.63, 3.8) is 0 Å². The fourth-order valence-corrected chi connectivity index (χ4v) is 2.39. The number of carbonyl (C=O) groups is 1. The lowest BCUT2D eigenvalue weighted by atomic mass is 10.1. The van der Waals surface area contributed by atoms with Gasteiger partial charge in [0.1, 0.15) is 18.4 Å². The molecule has 0 aliphatic rings. The van der Waals surface area contributed by atoms with Crippen molar-refractivity contribution in [1.29, 1.82) is 10.5 Å². The van der Waals surface area contributed by atoms with Gasteiger partial charge in [0.2, 0.25) is 0 Å². The minimum Gasteiger partial charge on any atom is -0.298 e. The summed E-state index contributed by atoms with van der Waals surface area (Å²) >= 11 is 0. The highest BCUT2D eigenvalue weighted by Gasteiger charge is 2.13. The van der Waals surface area contributed by atoms with Gasteiger partial charge in [-0.2, -0.15) is 10.5 Å². The van der Waals surface area contributed by atoms with Gasteiger partial charge >= 0.3 is 0 Å². The Kier molecular flexibility index (Phi) is 4.93. The largest absolute Gasteiger partial charge is 0.298 e. The molecule has 0 saturated carbocycles. The lowest BCUT2D eigenvalue weighted by molar-refractivity contribution is 0.112. The molecule has 3 aromatic rings. The van der Waals surface area contributed by atoms with Gasteiger partial charge in [-0.15, -0.1) is 0 Å². The van der Waals surface area contributed by atoms with Crippen LogP contribution in [0, 0.1) is 22.7 Å². The van der Waals surface area contributed by atoms with Crippen molar-refractivity contribution in [3.8, 4) is 23.4 Å². The van der Waals surface area contributed by atoms with Crippen molar-refractivity contribution in [2.45, 2.75) is 0 Å². The number of benzene rings is 2. The van der Waals surface area contributed by atoms with E-state index < -0.39 is 0 Å². The van der Waals surface area contributed by atoms with Gasteiger partial charge in [0.15, 0.2) is 11.4 Å². The average Bonchev–Trinajstić information content (AvgIpc) is 2.72. The van der Waals surface area contributed by atoms with Crippen LogP contribution in [-0.4, -0.2) is 16.3 Å². The molecule has 0 saturated heterocycles. The summed E-state index contributed by atoms with van der Waals surface area (Å²) in [7, 11) is 0. The highest BCUT2D eigenvalue weighted by atomic mass is 16.1. The summed E-state index contributed by atoms with van der Waals surface area (Å²) in [5, 5.41) is 18.4. The highest BCUT2D eigenvalue weighted by Crippen LogP contribution is 2.23. The van der Waals surface area contributed by atoms with Gasteiger partial charge in [-0.1, -0.05) is 60.7 Å². The molecular weight excluding hydrogens is 324 g/mol. The third-order valence-corrected chi connectivity index (χ3v) is 3.69. The van der Waals surface area contributed by atoms with Crippen LogP contribution in [0.4, 0.5) is 0 Å². The van der Waals surface area contributed by atoms with E-state index in [0.717, 1.165) is 17.4 Å². The van der Waals surface area contributed by atoms with E-state index in [9.17, 15) is 15.3 Å². The molecule has 0 amide bonds. The monoisotopic (exact) mass is 336 g/mol. The van der Waals surface area contributed by atoms with Crippen LogP contribution >= 0.6 is 0 Å². The molecular formula is C21H12N4O. The quantitative estimate of drug-likeness (QED) is 0.675. The Morgan fingerprint density at radius 1 is 0.769 bits per heavy atom. The fourth-order valence-electron chi connectivity index (χ4n) is 2.39. The van der Waals surface area contributed by atoms with Crippen LogP contribution in [0.5, 0.6) is 0 Å². The lowest BCUT2D eigenvalue weighted by Gasteiger charge is -2.06. The van der Waals surface area contributed by atoms with Crippen molar-refractivity contribution in [2.75, 3.05) is 0 Å². The van der Waals surface area contributed by atoms with Gasteiger partial charge in [0.25, 0.3) is 0 Å². The number of aldehydes is 1. The van der Waals surface area contributed by atoms with E-state index in [1.807, 2.05) is 60.7 Å². The minimum atomic E-state index is -0.0110. The molecule has 0 spiro atoms. The first-order valence-corrected chi connectivity index (χ1v) is 7.76. The maximum atomic E-state index is 10.7. The van der Waals surface area contributed by atoms with E-state index in [2.05, 4.69) is 9.97 Å². The second-order valence-corrected chi connectivity index (χ2v) is 5.36. The molecule has 0 aliphatic heterocycles. The van der Waals surface area contributed by atoms with E-state index in [0.29, 0.717) is 17.0 Å². The van der Waals surface area contributed by atoms with Crippen molar-refractivity contribution < 1.29 is 4.79 Å². The van der Waals surface area contributed by atoms with Crippen molar-refractivity contribution in [1.82, 2.24) is 9.97 Å². The topological polar surface area (TPSA) is 90.4 Å². The standard InChI is InChI=1S/C21H12N4O/c22-12-19-20(13-23)25-21(17-4-2-1-3-5-17)18(24-19)11-10-15-6-8-16(14-26)9-7-15/h1-11,14H/b11-10+. The SMILES string of the molecule is N#Cc1nc(/C=C/c2ccc(C=O)cc2)c(-c2ccccc2)nc1C#N. The summed E-state index contributed by atoms with van der Waals surface area (Å²) in [6.07, 6.45) is 4.35. The molecule has 1 heterocycles. The highest BCUT2D eigenvalue weighted by molar-refractivity contribution is 5.79. The van der Waals surface area contributed by atoms with E-state index in [1.165, 1.54) is 0 Å². The third kappa shape index (κ3) is 3.53. The Labute approximate surface area is 150 Å². The Hall–Kier alpha value is -4.09. The molecule has 5 nitrogen and oxygen atoms in total. The summed E-state index contributed by atoms with van der Waals surface area (Å²) in [5.41, 5.74) is 3.28. The van der Waals surface area contributed by atoms with Gasteiger partial charge in [-0.05, 0) is 11.6 Å². The van der Waals surface area contributed by atoms with Gasteiger partial charge in [-0.25, -0.2) is 9.97 Å². The normalized spacial score (nSPS) is 10.2. The number of nitriles is 2. The number of aromatic nitrogens is 2. The van der Waals surface area contributed by atoms with E-state index >= 15 is 0 Å². The van der Waals surface area contributed by atoms with E-state index in [1.54, 1.807) is 18.2 Å². The zero-order chi connectivity index (χ0) is 18.4. The van der Waals surface area contributed by atoms with Crippen LogP contribution in [0.25, 0.3) is 23.4 Å². The molecule has 0 N–H and O–H groups in total. The molecule has 3 rings (SSSR count). The Bertz CT molecular complexity index is 1060. The number of carbonyl (C=O) groups excluding carboxylic acids is 1. The Morgan fingerprint density at radius 3 is 2.00 bits per heavy atom. The zero-order valence-electron chi connectivity index (χ0n) is 13.6. The lowest BCUT2D eigenvalue weighted by Crippen LogP contribution is -2.00. The first kappa shape index (κ1) is 16.8. The fraction of sp³-hybridized carbons (Fsp3) is 0. The Morgan fingerprint density at radius 2 is 1.38 bits per heavy atom. The third-order valence-electron chi connectivity index (χ3n) is 3.69. The van der Waals surface area contributed by atoms with Crippen LogP contribution in [-0.2, 0) is 0 Å². The zero-order valence-corrected chi connectivity index (χ0v) is 13.6. The summed E-state index contributed by atoms with van der Waals surface area (Å²) in [5.74, 6) is 0. The predicted octanol–water partition coefficient (Wildman–Crippen LogP) is 3.87. The molecule has 5 heteroatoms. The molecule has 1 aromatic heterocycles. The molecule has 122 valence electrons. The van der Waals surface area contributed by atoms with Crippen LogP contribution in [0.15, 0.2) is 54.6 Å². The van der Waals surface area contributed by atoms with Crippen molar-refractivity contribution in [2.24, 2.45) is 0 Å². The molecule has 0 unspecified atom stereocenters. The van der Waals surface area contributed by atoms with Crippen LogP contribution in [0.3, 0.4) is 0 Å². The van der Waals surface area contributed by atoms with Crippen LogP contribution < -0.4 is 0 Å². The number of nitrogens with zero attached hydrogens (tertiary/aromatic N) is 4. The number of hydrogen-bond donors (Lipinski definition) is 0. The summed E-state index contributed by atoms with van der Waals surface area (Å²) in [4.78, 5) is 19.4. The second kappa shape index (κ2) is 7.65. The molecule has 0 atom stereocenters. The first-order chi connectivity index (χ1) is 12.7. The van der Waals surface area contributed by atoms with Gasteiger partial charge in [0.05, 0.1) is 11.4 Å². The maximum Gasteiger partial charge on any atom is 0.177 e. The minimum absolute atomic E-state index is 0.00108. The van der Waals surface area contributed by atoms with E-state index in [4.69, 9.17) is 0 Å². The average molecular weight is 336 g/mol. The molecule has 0 bridgehead atoms. The summed E-state index contributed by atoms with van der Waals surface area (Å²) < 4.78 is 0. The molecule has 0 aliphatic carbocycles. The summed E-state index contributed by atoms with van der Waals surface area (Å²) in [6, 6.07) is 20.2. The predicted molar refractivity (Wildman–Crippen MR) is 97.7 cm³/mol. The summed E-state index contributed by atoms with van der Waals surface area (Å²) in [6.45, 7) is 0. The molecule has 26 heavy (non-hydrogen) atoms.